The van der Waals surface area contributed by atoms with Crippen LogP contribution in [0.5, 0.6) is 0 Å². The van der Waals surface area contributed by atoms with Gasteiger partial charge in [-0.25, -0.2) is 8.78 Å². The van der Waals surface area contributed by atoms with E-state index in [4.69, 9.17) is 0 Å². The van der Waals surface area contributed by atoms with Crippen LogP contribution in [0.1, 0.15) is 38.8 Å². The second-order valence-electron chi connectivity index (χ2n) is 6.83. The Morgan fingerprint density at radius 3 is 2.52 bits per heavy atom. The Bertz CT molecular complexity index is 866. The maximum atomic E-state index is 14.6. The monoisotopic (exact) mass is 340 g/mol. The van der Waals surface area contributed by atoms with Crippen LogP contribution in [0.15, 0.2) is 47.5 Å². The van der Waals surface area contributed by atoms with Gasteiger partial charge >= 0.3 is 0 Å². The van der Waals surface area contributed by atoms with Gasteiger partial charge in [-0.05, 0) is 57.5 Å². The molecule has 0 spiro atoms. The number of hydrogen-bond donors (Lipinski definition) is 0. The average Bonchev–Trinajstić information content (AvgIpc) is 2.54. The van der Waals surface area contributed by atoms with Crippen LogP contribution in [-0.4, -0.2) is 18.3 Å². The molecule has 2 aromatic carbocycles. The molecule has 0 fully saturated rings. The molecule has 0 amide bonds. The van der Waals surface area contributed by atoms with Crippen molar-refractivity contribution >= 4 is 23.2 Å². The Labute approximate surface area is 147 Å². The standard InChI is InChI=1S/C21H22F2N2/c1-5-25-20-11-18(23)15(10-16(20)14(2)12-21(25,3)4)13-24-19-9-7-6-8-17(19)22/h6-13H,5H2,1-4H3. The molecule has 0 atom stereocenters. The van der Waals surface area contributed by atoms with Gasteiger partial charge in [0.1, 0.15) is 11.6 Å². The molecule has 3 rings (SSSR count). The lowest BCUT2D eigenvalue weighted by Crippen LogP contribution is -2.45. The van der Waals surface area contributed by atoms with E-state index in [1.165, 1.54) is 12.3 Å². The molecule has 1 heterocycles. The zero-order valence-electron chi connectivity index (χ0n) is 15.0. The average molecular weight is 340 g/mol. The van der Waals surface area contributed by atoms with Gasteiger partial charge in [-0.15, -0.1) is 0 Å². The summed E-state index contributed by atoms with van der Waals surface area (Å²) in [5.41, 5.74) is 3.35. The number of aliphatic imine (C=N–C) groups is 1. The number of para-hydroxylation sites is 1. The summed E-state index contributed by atoms with van der Waals surface area (Å²) in [5.74, 6) is -0.783. The minimum atomic E-state index is -0.424. The van der Waals surface area contributed by atoms with E-state index in [1.54, 1.807) is 30.3 Å². The number of benzene rings is 2. The van der Waals surface area contributed by atoms with Crippen molar-refractivity contribution in [2.24, 2.45) is 4.99 Å². The van der Waals surface area contributed by atoms with Gasteiger partial charge in [0.2, 0.25) is 0 Å². The number of fused-ring (bicyclic) bond motifs is 1. The number of allylic oxidation sites excluding steroid dienone is 1. The third-order valence-electron chi connectivity index (χ3n) is 4.61. The first-order valence-electron chi connectivity index (χ1n) is 8.43. The molecule has 0 radical (unpaired) electrons. The molecule has 1 aliphatic rings. The predicted octanol–water partition coefficient (Wildman–Crippen LogP) is 5.74. The molecule has 0 aromatic heterocycles. The highest BCUT2D eigenvalue weighted by molar-refractivity contribution is 5.89. The minimum absolute atomic E-state index is 0.166. The lowest BCUT2D eigenvalue weighted by molar-refractivity contribution is 0.561. The summed E-state index contributed by atoms with van der Waals surface area (Å²) in [5, 5.41) is 0. The second-order valence-corrected chi connectivity index (χ2v) is 6.83. The van der Waals surface area contributed by atoms with Crippen LogP contribution in [0, 0.1) is 11.6 Å². The first-order chi connectivity index (χ1) is 11.8. The van der Waals surface area contributed by atoms with Crippen LogP contribution in [0.2, 0.25) is 0 Å². The van der Waals surface area contributed by atoms with Crippen molar-refractivity contribution in [2.45, 2.75) is 33.2 Å². The lowest BCUT2D eigenvalue weighted by Gasteiger charge is -2.42. The van der Waals surface area contributed by atoms with Crippen molar-refractivity contribution in [3.05, 3.63) is 65.2 Å². The quantitative estimate of drug-likeness (QED) is 0.651. The molecule has 0 aliphatic carbocycles. The van der Waals surface area contributed by atoms with Crippen LogP contribution in [-0.2, 0) is 0 Å². The van der Waals surface area contributed by atoms with Crippen molar-refractivity contribution in [3.8, 4) is 0 Å². The second kappa shape index (κ2) is 6.43. The van der Waals surface area contributed by atoms with Gasteiger partial charge in [0.25, 0.3) is 0 Å². The third kappa shape index (κ3) is 3.21. The molecule has 130 valence electrons. The highest BCUT2D eigenvalue weighted by Crippen LogP contribution is 2.39. The van der Waals surface area contributed by atoms with E-state index in [0.717, 1.165) is 23.4 Å². The Kier molecular flexibility index (Phi) is 4.46. The molecule has 25 heavy (non-hydrogen) atoms. The Hall–Kier alpha value is -2.49. The van der Waals surface area contributed by atoms with Crippen LogP contribution in [0.25, 0.3) is 5.57 Å². The van der Waals surface area contributed by atoms with Crippen LogP contribution >= 0.6 is 0 Å². The van der Waals surface area contributed by atoms with Gasteiger partial charge in [0.15, 0.2) is 0 Å². The van der Waals surface area contributed by atoms with Crippen molar-refractivity contribution in [3.63, 3.8) is 0 Å². The Balaban J connectivity index is 2.05. The first-order valence-corrected chi connectivity index (χ1v) is 8.43. The summed E-state index contributed by atoms with van der Waals surface area (Å²) >= 11 is 0. The molecule has 0 N–H and O–H groups in total. The minimum Gasteiger partial charge on any atom is -0.363 e. The molecular weight excluding hydrogens is 318 g/mol. The molecule has 2 nitrogen and oxygen atoms in total. The topological polar surface area (TPSA) is 15.6 Å². The summed E-state index contributed by atoms with van der Waals surface area (Å²) in [7, 11) is 0. The smallest absolute Gasteiger partial charge is 0.148 e. The highest BCUT2D eigenvalue weighted by Gasteiger charge is 2.30. The Morgan fingerprint density at radius 2 is 1.84 bits per heavy atom. The third-order valence-corrected chi connectivity index (χ3v) is 4.61. The highest BCUT2D eigenvalue weighted by atomic mass is 19.1. The van der Waals surface area contributed by atoms with E-state index in [-0.39, 0.29) is 17.0 Å². The summed E-state index contributed by atoms with van der Waals surface area (Å²) in [6, 6.07) is 9.55. The van der Waals surface area contributed by atoms with E-state index in [9.17, 15) is 8.78 Å². The van der Waals surface area contributed by atoms with Crippen LogP contribution in [0.4, 0.5) is 20.2 Å². The fraction of sp³-hybridized carbons (Fsp3) is 0.286. The fourth-order valence-electron chi connectivity index (χ4n) is 3.49. The summed E-state index contributed by atoms with van der Waals surface area (Å²) in [6.45, 7) is 9.11. The molecule has 0 saturated heterocycles. The van der Waals surface area contributed by atoms with E-state index < -0.39 is 5.82 Å². The summed E-state index contributed by atoms with van der Waals surface area (Å²) < 4.78 is 28.3. The number of anilines is 1. The SMILES string of the molecule is CCN1c2cc(F)c(C=Nc3ccccc3F)cc2C(C)=CC1(C)C. The van der Waals surface area contributed by atoms with Gasteiger partial charge in [0.05, 0.1) is 11.2 Å². The number of likely N-dealkylation sites (N-methyl/N-ethyl adjacent to an activating group) is 1. The number of rotatable bonds is 3. The molecule has 2 aromatic rings. The van der Waals surface area contributed by atoms with Crippen molar-refractivity contribution in [1.29, 1.82) is 0 Å². The molecule has 4 heteroatoms. The first kappa shape index (κ1) is 17.3. The van der Waals surface area contributed by atoms with Crippen molar-refractivity contribution < 1.29 is 8.78 Å². The largest absolute Gasteiger partial charge is 0.363 e. The van der Waals surface area contributed by atoms with E-state index in [2.05, 4.69) is 36.7 Å². The predicted molar refractivity (Wildman–Crippen MR) is 101 cm³/mol. The van der Waals surface area contributed by atoms with E-state index in [0.29, 0.717) is 5.56 Å². The molecular formula is C21H22F2N2. The van der Waals surface area contributed by atoms with Crippen molar-refractivity contribution in [2.75, 3.05) is 11.4 Å². The number of hydrogen-bond acceptors (Lipinski definition) is 2. The zero-order valence-corrected chi connectivity index (χ0v) is 15.0. The van der Waals surface area contributed by atoms with Gasteiger partial charge in [-0.1, -0.05) is 18.2 Å². The zero-order chi connectivity index (χ0) is 18.2. The molecule has 0 bridgehead atoms. The van der Waals surface area contributed by atoms with Gasteiger partial charge < -0.3 is 4.90 Å². The number of halogens is 2. The van der Waals surface area contributed by atoms with Crippen LogP contribution in [0.3, 0.4) is 0 Å². The van der Waals surface area contributed by atoms with Crippen LogP contribution < -0.4 is 4.90 Å². The Morgan fingerprint density at radius 1 is 1.12 bits per heavy atom. The normalized spacial score (nSPS) is 16.1. The van der Waals surface area contributed by atoms with Crippen molar-refractivity contribution in [1.82, 2.24) is 0 Å². The lowest BCUT2D eigenvalue weighted by atomic mass is 9.88. The van der Waals surface area contributed by atoms with Gasteiger partial charge in [-0.2, -0.15) is 0 Å². The van der Waals surface area contributed by atoms with Gasteiger partial charge in [0, 0.05) is 29.6 Å². The molecule has 1 aliphatic heterocycles. The number of nitrogens with zero attached hydrogens (tertiary/aromatic N) is 2. The summed E-state index contributed by atoms with van der Waals surface area (Å²) in [6.07, 6.45) is 3.58. The van der Waals surface area contributed by atoms with E-state index in [1.807, 2.05) is 6.92 Å². The molecule has 0 saturated carbocycles. The maximum absolute atomic E-state index is 14.6. The van der Waals surface area contributed by atoms with E-state index >= 15 is 0 Å². The maximum Gasteiger partial charge on any atom is 0.148 e. The fourth-order valence-corrected chi connectivity index (χ4v) is 3.49. The van der Waals surface area contributed by atoms with Gasteiger partial charge in [-0.3, -0.25) is 4.99 Å². The molecule has 0 unspecified atom stereocenters. The summed E-state index contributed by atoms with van der Waals surface area (Å²) in [4.78, 5) is 6.28.